The first-order valence-electron chi connectivity index (χ1n) is 7.46. The molecule has 7 heteroatoms. The largest absolute Gasteiger partial charge is 0.348 e. The summed E-state index contributed by atoms with van der Waals surface area (Å²) in [4.78, 5) is 26.6. The first kappa shape index (κ1) is 19.0. The number of carbonyl (C=O) groups is 2. The summed E-state index contributed by atoms with van der Waals surface area (Å²) >= 11 is 10.6. The van der Waals surface area contributed by atoms with Gasteiger partial charge in [-0.15, -0.1) is 11.3 Å². The summed E-state index contributed by atoms with van der Waals surface area (Å²) in [5.41, 5.74) is 0.992. The molecule has 0 saturated heterocycles. The highest BCUT2D eigenvalue weighted by Gasteiger charge is 2.19. The Labute approximate surface area is 158 Å². The van der Waals surface area contributed by atoms with Crippen LogP contribution >= 0.6 is 38.9 Å². The van der Waals surface area contributed by atoms with Gasteiger partial charge in [0, 0.05) is 12.1 Å². The summed E-state index contributed by atoms with van der Waals surface area (Å²) in [5.74, 6) is -0.358. The maximum atomic E-state index is 12.3. The summed E-state index contributed by atoms with van der Waals surface area (Å²) in [6.07, 6.45) is 0.753. The molecule has 1 aromatic heterocycles. The van der Waals surface area contributed by atoms with E-state index < -0.39 is 0 Å². The highest BCUT2D eigenvalue weighted by molar-refractivity contribution is 9.11. The lowest BCUT2D eigenvalue weighted by Gasteiger charge is -2.21. The molecule has 2 rings (SSSR count). The van der Waals surface area contributed by atoms with Gasteiger partial charge in [-0.25, -0.2) is 0 Å². The van der Waals surface area contributed by atoms with Gasteiger partial charge in [0.2, 0.25) is 5.91 Å². The Balaban J connectivity index is 1.95. The summed E-state index contributed by atoms with van der Waals surface area (Å²) in [6, 6.07) is 10.9. The van der Waals surface area contributed by atoms with Gasteiger partial charge in [0.15, 0.2) is 0 Å². The predicted molar refractivity (Wildman–Crippen MR) is 102 cm³/mol. The van der Waals surface area contributed by atoms with Crippen LogP contribution in [0.3, 0.4) is 0 Å². The normalized spacial score (nSPS) is 11.8. The van der Waals surface area contributed by atoms with Crippen molar-refractivity contribution in [2.75, 3.05) is 13.6 Å². The molecule has 1 unspecified atom stereocenters. The zero-order chi connectivity index (χ0) is 17.7. The number of amides is 2. The number of nitrogens with zero attached hydrogens (tertiary/aromatic N) is 1. The fourth-order valence-corrected chi connectivity index (χ4v) is 3.77. The number of likely N-dealkylation sites (N-methyl/N-ethyl adjacent to an activating group) is 1. The fourth-order valence-electron chi connectivity index (χ4n) is 2.26. The van der Waals surface area contributed by atoms with Gasteiger partial charge in [0.05, 0.1) is 21.3 Å². The van der Waals surface area contributed by atoms with E-state index in [1.807, 2.05) is 25.1 Å². The van der Waals surface area contributed by atoms with Crippen LogP contribution in [0.5, 0.6) is 0 Å². The van der Waals surface area contributed by atoms with E-state index in [-0.39, 0.29) is 24.4 Å². The Kier molecular flexibility index (Phi) is 6.83. The average Bonchev–Trinajstić information content (AvgIpc) is 2.99. The van der Waals surface area contributed by atoms with E-state index in [0.29, 0.717) is 9.90 Å². The Morgan fingerprint density at radius 3 is 2.46 bits per heavy atom. The molecule has 1 atom stereocenters. The van der Waals surface area contributed by atoms with Crippen LogP contribution < -0.4 is 5.32 Å². The molecule has 2 amide bonds. The number of thiophene rings is 1. The Morgan fingerprint density at radius 2 is 1.92 bits per heavy atom. The Morgan fingerprint density at radius 1 is 1.25 bits per heavy atom. The van der Waals surface area contributed by atoms with Gasteiger partial charge in [-0.3, -0.25) is 9.59 Å². The third-order valence-electron chi connectivity index (χ3n) is 3.53. The van der Waals surface area contributed by atoms with Crippen molar-refractivity contribution in [1.29, 1.82) is 0 Å². The van der Waals surface area contributed by atoms with Crippen molar-refractivity contribution in [2.45, 2.75) is 19.4 Å². The molecule has 4 nitrogen and oxygen atoms in total. The van der Waals surface area contributed by atoms with Gasteiger partial charge < -0.3 is 10.2 Å². The summed E-state index contributed by atoms with van der Waals surface area (Å²) in [6.45, 7) is 2.01. The molecule has 24 heavy (non-hydrogen) atoms. The van der Waals surface area contributed by atoms with Crippen molar-refractivity contribution in [1.82, 2.24) is 10.2 Å². The van der Waals surface area contributed by atoms with E-state index in [1.165, 1.54) is 16.2 Å². The number of hydrogen-bond donors (Lipinski definition) is 1. The molecule has 1 N–H and O–H groups in total. The van der Waals surface area contributed by atoms with E-state index in [4.69, 9.17) is 11.6 Å². The van der Waals surface area contributed by atoms with Gasteiger partial charge in [0.25, 0.3) is 5.91 Å². The van der Waals surface area contributed by atoms with Gasteiger partial charge >= 0.3 is 0 Å². The van der Waals surface area contributed by atoms with Crippen molar-refractivity contribution in [3.63, 3.8) is 0 Å². The zero-order valence-electron chi connectivity index (χ0n) is 13.4. The lowest BCUT2D eigenvalue weighted by atomic mass is 10.0. The van der Waals surface area contributed by atoms with E-state index in [1.54, 1.807) is 25.2 Å². The maximum Gasteiger partial charge on any atom is 0.264 e. The van der Waals surface area contributed by atoms with Gasteiger partial charge in [-0.2, -0.15) is 0 Å². The zero-order valence-corrected chi connectivity index (χ0v) is 16.5. The van der Waals surface area contributed by atoms with Gasteiger partial charge in [-0.05, 0) is 52.2 Å². The molecule has 0 aliphatic heterocycles. The molecule has 0 bridgehead atoms. The van der Waals surface area contributed by atoms with Gasteiger partial charge in [-0.1, -0.05) is 30.7 Å². The van der Waals surface area contributed by atoms with E-state index in [0.717, 1.165) is 15.8 Å². The molecule has 0 saturated carbocycles. The topological polar surface area (TPSA) is 49.4 Å². The summed E-state index contributed by atoms with van der Waals surface area (Å²) in [5, 5.41) is 3.62. The molecular weight excluding hydrogens is 412 g/mol. The Bertz CT molecular complexity index is 718. The van der Waals surface area contributed by atoms with E-state index >= 15 is 0 Å². The van der Waals surface area contributed by atoms with Gasteiger partial charge in [0.1, 0.15) is 0 Å². The smallest absolute Gasteiger partial charge is 0.264 e. The van der Waals surface area contributed by atoms with Crippen molar-refractivity contribution in [3.05, 3.63) is 55.6 Å². The first-order valence-corrected chi connectivity index (χ1v) is 9.45. The number of rotatable bonds is 6. The Hall–Kier alpha value is -1.37. The van der Waals surface area contributed by atoms with Crippen molar-refractivity contribution < 1.29 is 9.59 Å². The minimum absolute atomic E-state index is 0.0123. The van der Waals surface area contributed by atoms with Crippen molar-refractivity contribution >= 4 is 50.7 Å². The molecule has 128 valence electrons. The van der Waals surface area contributed by atoms with Crippen LogP contribution in [0, 0.1) is 0 Å². The summed E-state index contributed by atoms with van der Waals surface area (Å²) < 4.78 is 0.887. The lowest BCUT2D eigenvalue weighted by molar-refractivity contribution is -0.122. The molecule has 2 aromatic rings. The van der Waals surface area contributed by atoms with Crippen LogP contribution in [-0.2, 0) is 4.79 Å². The first-order chi connectivity index (χ1) is 11.4. The van der Waals surface area contributed by atoms with Crippen LogP contribution in [0.25, 0.3) is 0 Å². The van der Waals surface area contributed by atoms with E-state index in [2.05, 4.69) is 21.2 Å². The minimum Gasteiger partial charge on any atom is -0.348 e. The lowest BCUT2D eigenvalue weighted by Crippen LogP contribution is -2.39. The fraction of sp³-hybridized carbons (Fsp3) is 0.294. The van der Waals surface area contributed by atoms with Crippen molar-refractivity contribution in [2.24, 2.45) is 0 Å². The average molecular weight is 430 g/mol. The van der Waals surface area contributed by atoms with E-state index in [9.17, 15) is 9.59 Å². The number of nitrogens with one attached hydrogen (secondary N) is 1. The SMILES string of the molecule is CCC(NC(=O)CN(C)C(=O)c1ccc(Br)s1)c1ccc(Cl)cc1. The second kappa shape index (κ2) is 8.65. The molecule has 0 radical (unpaired) electrons. The standard InChI is InChI=1S/C17H18BrClN2O2S/c1-3-13(11-4-6-12(19)7-5-11)20-16(22)10-21(2)17(23)14-8-9-15(18)24-14/h4-9,13H,3,10H2,1-2H3,(H,20,22). The van der Waals surface area contributed by atoms with Crippen molar-refractivity contribution in [3.8, 4) is 0 Å². The second-order valence-electron chi connectivity index (χ2n) is 5.34. The quantitative estimate of drug-likeness (QED) is 0.735. The number of carbonyl (C=O) groups excluding carboxylic acids is 2. The molecular formula is C17H18BrClN2O2S. The molecule has 0 aliphatic carbocycles. The minimum atomic E-state index is -0.191. The molecule has 0 fully saturated rings. The van der Waals surface area contributed by atoms with Crippen LogP contribution in [0.2, 0.25) is 5.02 Å². The highest BCUT2D eigenvalue weighted by atomic mass is 79.9. The third kappa shape index (κ3) is 5.06. The molecule has 0 spiro atoms. The van der Waals surface area contributed by atoms with Crippen LogP contribution in [0.4, 0.5) is 0 Å². The predicted octanol–water partition coefficient (Wildman–Crippen LogP) is 4.50. The van der Waals surface area contributed by atoms with Crippen LogP contribution in [-0.4, -0.2) is 30.3 Å². The summed E-state index contributed by atoms with van der Waals surface area (Å²) in [7, 11) is 1.62. The van der Waals surface area contributed by atoms with Crippen LogP contribution in [0.15, 0.2) is 40.2 Å². The number of halogens is 2. The monoisotopic (exact) mass is 428 g/mol. The second-order valence-corrected chi connectivity index (χ2v) is 8.24. The van der Waals surface area contributed by atoms with Crippen LogP contribution in [0.1, 0.15) is 34.6 Å². The number of hydrogen-bond acceptors (Lipinski definition) is 3. The molecule has 1 aromatic carbocycles. The highest BCUT2D eigenvalue weighted by Crippen LogP contribution is 2.23. The molecule has 1 heterocycles. The maximum absolute atomic E-state index is 12.3. The third-order valence-corrected chi connectivity index (χ3v) is 5.39. The number of benzene rings is 1. The molecule has 0 aliphatic rings.